The van der Waals surface area contributed by atoms with Gasteiger partial charge in [0.15, 0.2) is 0 Å². The summed E-state index contributed by atoms with van der Waals surface area (Å²) in [5, 5.41) is 0. The Hall–Kier alpha value is -1.96. The van der Waals surface area contributed by atoms with E-state index in [1.165, 1.54) is 12.1 Å². The highest BCUT2D eigenvalue weighted by Gasteiger charge is 2.27. The summed E-state index contributed by atoms with van der Waals surface area (Å²) in [6, 6.07) is 14.2. The average Bonchev–Trinajstić information content (AvgIpc) is 2.41. The highest BCUT2D eigenvalue weighted by Crippen LogP contribution is 2.27. The molecule has 0 radical (unpaired) electrons. The Labute approximate surface area is 113 Å². The molecule has 1 atom stereocenters. The van der Waals surface area contributed by atoms with Crippen LogP contribution in [0.15, 0.2) is 48.5 Å². The van der Waals surface area contributed by atoms with Crippen LogP contribution >= 0.6 is 0 Å². The van der Waals surface area contributed by atoms with E-state index in [0.29, 0.717) is 12.0 Å². The van der Waals surface area contributed by atoms with Crippen molar-refractivity contribution < 1.29 is 9.18 Å². The Balaban J connectivity index is 2.39. The molecule has 2 heteroatoms. The molecule has 2 aromatic rings. The SMILES string of the molecule is Cc1ccccc1CC(C)(C=O)c1cccc(F)c1. The Kier molecular flexibility index (Phi) is 3.79. The predicted molar refractivity (Wildman–Crippen MR) is 74.7 cm³/mol. The third-order valence-corrected chi connectivity index (χ3v) is 3.56. The minimum atomic E-state index is -0.700. The van der Waals surface area contributed by atoms with Crippen LogP contribution in [0.25, 0.3) is 0 Å². The molecule has 1 nitrogen and oxygen atoms in total. The van der Waals surface area contributed by atoms with E-state index in [1.54, 1.807) is 12.1 Å². The molecule has 0 heterocycles. The van der Waals surface area contributed by atoms with Gasteiger partial charge in [-0.2, -0.15) is 0 Å². The molecular formula is C17H17FO. The second kappa shape index (κ2) is 5.35. The summed E-state index contributed by atoms with van der Waals surface area (Å²) in [5.41, 5.74) is 2.27. The first-order chi connectivity index (χ1) is 9.05. The third-order valence-electron chi connectivity index (χ3n) is 3.56. The highest BCUT2D eigenvalue weighted by atomic mass is 19.1. The lowest BCUT2D eigenvalue weighted by atomic mass is 9.78. The maximum Gasteiger partial charge on any atom is 0.130 e. The Morgan fingerprint density at radius 3 is 2.53 bits per heavy atom. The van der Waals surface area contributed by atoms with Gasteiger partial charge in [-0.15, -0.1) is 0 Å². The fraction of sp³-hybridized carbons (Fsp3) is 0.235. The van der Waals surface area contributed by atoms with E-state index in [0.717, 1.165) is 17.4 Å². The number of carbonyl (C=O) groups excluding carboxylic acids is 1. The van der Waals surface area contributed by atoms with E-state index in [2.05, 4.69) is 0 Å². The minimum Gasteiger partial charge on any atom is -0.302 e. The van der Waals surface area contributed by atoms with Gasteiger partial charge in [-0.3, -0.25) is 0 Å². The van der Waals surface area contributed by atoms with Crippen LogP contribution in [0.2, 0.25) is 0 Å². The van der Waals surface area contributed by atoms with Gasteiger partial charge < -0.3 is 4.79 Å². The molecule has 0 saturated heterocycles. The molecule has 0 spiro atoms. The van der Waals surface area contributed by atoms with Crippen molar-refractivity contribution in [2.24, 2.45) is 0 Å². The monoisotopic (exact) mass is 256 g/mol. The van der Waals surface area contributed by atoms with Gasteiger partial charge in [0.05, 0.1) is 5.41 Å². The van der Waals surface area contributed by atoms with Crippen molar-refractivity contribution in [2.75, 3.05) is 0 Å². The van der Waals surface area contributed by atoms with Gasteiger partial charge in [-0.1, -0.05) is 36.4 Å². The number of hydrogen-bond acceptors (Lipinski definition) is 1. The summed E-state index contributed by atoms with van der Waals surface area (Å²) in [6.07, 6.45) is 1.49. The van der Waals surface area contributed by atoms with Gasteiger partial charge in [-0.25, -0.2) is 4.39 Å². The fourth-order valence-corrected chi connectivity index (χ4v) is 2.26. The summed E-state index contributed by atoms with van der Waals surface area (Å²) >= 11 is 0. The molecule has 98 valence electrons. The Morgan fingerprint density at radius 1 is 1.16 bits per heavy atom. The molecule has 0 N–H and O–H groups in total. The standard InChI is InChI=1S/C17H17FO/c1-13-6-3-4-7-14(13)11-17(2,12-19)15-8-5-9-16(18)10-15/h3-10,12H,11H2,1-2H3. The number of benzene rings is 2. The first kappa shape index (κ1) is 13.5. The van der Waals surface area contributed by atoms with E-state index in [-0.39, 0.29) is 5.82 Å². The largest absolute Gasteiger partial charge is 0.302 e. The van der Waals surface area contributed by atoms with E-state index >= 15 is 0 Å². The number of carbonyl (C=O) groups is 1. The molecule has 0 aromatic heterocycles. The van der Waals surface area contributed by atoms with Gasteiger partial charge >= 0.3 is 0 Å². The zero-order valence-electron chi connectivity index (χ0n) is 11.2. The molecule has 0 fully saturated rings. The molecule has 19 heavy (non-hydrogen) atoms. The molecule has 2 aromatic carbocycles. The van der Waals surface area contributed by atoms with Crippen LogP contribution in [-0.4, -0.2) is 6.29 Å². The second-order valence-electron chi connectivity index (χ2n) is 5.15. The van der Waals surface area contributed by atoms with E-state index in [4.69, 9.17) is 0 Å². The van der Waals surface area contributed by atoms with Crippen molar-refractivity contribution in [3.63, 3.8) is 0 Å². The van der Waals surface area contributed by atoms with Gasteiger partial charge in [-0.05, 0) is 49.1 Å². The van der Waals surface area contributed by atoms with Crippen LogP contribution in [0.1, 0.15) is 23.6 Å². The zero-order chi connectivity index (χ0) is 13.9. The number of aryl methyl sites for hydroxylation is 1. The molecule has 0 aliphatic rings. The normalized spacial score (nSPS) is 13.8. The summed E-state index contributed by atoms with van der Waals surface area (Å²) in [4.78, 5) is 11.5. The van der Waals surface area contributed by atoms with Crippen LogP contribution in [-0.2, 0) is 16.6 Å². The van der Waals surface area contributed by atoms with Gasteiger partial charge in [0.2, 0.25) is 0 Å². The van der Waals surface area contributed by atoms with Crippen molar-refractivity contribution in [2.45, 2.75) is 25.7 Å². The Bertz CT molecular complexity index is 591. The molecule has 2 rings (SSSR count). The van der Waals surface area contributed by atoms with Crippen molar-refractivity contribution in [3.8, 4) is 0 Å². The second-order valence-corrected chi connectivity index (χ2v) is 5.15. The van der Waals surface area contributed by atoms with Crippen LogP contribution in [0.3, 0.4) is 0 Å². The smallest absolute Gasteiger partial charge is 0.130 e. The predicted octanol–water partition coefficient (Wildman–Crippen LogP) is 3.83. The number of halogens is 1. The maximum atomic E-state index is 13.3. The first-order valence-corrected chi connectivity index (χ1v) is 6.32. The lowest BCUT2D eigenvalue weighted by Gasteiger charge is -2.24. The molecule has 0 saturated carbocycles. The summed E-state index contributed by atoms with van der Waals surface area (Å²) in [6.45, 7) is 3.87. The Morgan fingerprint density at radius 2 is 1.89 bits per heavy atom. The van der Waals surface area contributed by atoms with Crippen LogP contribution in [0.4, 0.5) is 4.39 Å². The van der Waals surface area contributed by atoms with Crippen molar-refractivity contribution >= 4 is 6.29 Å². The van der Waals surface area contributed by atoms with Gasteiger partial charge in [0.1, 0.15) is 12.1 Å². The first-order valence-electron chi connectivity index (χ1n) is 6.32. The average molecular weight is 256 g/mol. The van der Waals surface area contributed by atoms with E-state index in [9.17, 15) is 9.18 Å². The van der Waals surface area contributed by atoms with Crippen LogP contribution in [0, 0.1) is 12.7 Å². The summed E-state index contributed by atoms with van der Waals surface area (Å²) in [5.74, 6) is -0.310. The van der Waals surface area contributed by atoms with Crippen molar-refractivity contribution in [1.82, 2.24) is 0 Å². The molecule has 0 bridgehead atoms. The lowest BCUT2D eigenvalue weighted by Crippen LogP contribution is -2.27. The van der Waals surface area contributed by atoms with Crippen molar-refractivity contribution in [1.29, 1.82) is 0 Å². The highest BCUT2D eigenvalue weighted by molar-refractivity contribution is 5.68. The summed E-state index contributed by atoms with van der Waals surface area (Å²) in [7, 11) is 0. The van der Waals surface area contributed by atoms with Crippen molar-refractivity contribution in [3.05, 3.63) is 71.0 Å². The van der Waals surface area contributed by atoms with Gasteiger partial charge in [0, 0.05) is 0 Å². The number of hydrogen-bond donors (Lipinski definition) is 0. The lowest BCUT2D eigenvalue weighted by molar-refractivity contribution is -0.112. The minimum absolute atomic E-state index is 0.310. The maximum absolute atomic E-state index is 13.3. The topological polar surface area (TPSA) is 17.1 Å². The zero-order valence-corrected chi connectivity index (χ0v) is 11.2. The third kappa shape index (κ3) is 2.90. The van der Waals surface area contributed by atoms with Crippen LogP contribution < -0.4 is 0 Å². The molecule has 0 aliphatic heterocycles. The molecule has 0 aliphatic carbocycles. The van der Waals surface area contributed by atoms with Gasteiger partial charge in [0.25, 0.3) is 0 Å². The van der Waals surface area contributed by atoms with E-state index < -0.39 is 5.41 Å². The quantitative estimate of drug-likeness (QED) is 0.760. The fourth-order valence-electron chi connectivity index (χ4n) is 2.26. The molecular weight excluding hydrogens is 239 g/mol. The summed E-state index contributed by atoms with van der Waals surface area (Å²) < 4.78 is 13.3. The van der Waals surface area contributed by atoms with Crippen LogP contribution in [0.5, 0.6) is 0 Å². The number of aldehydes is 1. The molecule has 1 unspecified atom stereocenters. The number of rotatable bonds is 4. The van der Waals surface area contributed by atoms with E-state index in [1.807, 2.05) is 38.1 Å². The molecule has 0 amide bonds.